The molecule has 2 aromatic heterocycles. The first-order valence-electron chi connectivity index (χ1n) is 9.92. The molecule has 1 saturated heterocycles. The van der Waals surface area contributed by atoms with Crippen molar-refractivity contribution in [1.82, 2.24) is 14.5 Å². The second kappa shape index (κ2) is 10.6. The largest absolute Gasteiger partial charge is 0.508 e. The highest BCUT2D eigenvalue weighted by Gasteiger charge is 2.40. The van der Waals surface area contributed by atoms with Crippen molar-refractivity contribution in [3.8, 4) is 0 Å². The molecule has 3 rings (SSSR count). The first-order valence-corrected chi connectivity index (χ1v) is 9.92. The molecule has 0 spiro atoms. The predicted octanol–water partition coefficient (Wildman–Crippen LogP) is 0.725. The Morgan fingerprint density at radius 2 is 2.12 bits per heavy atom. The fourth-order valence-corrected chi connectivity index (χ4v) is 3.13. The van der Waals surface area contributed by atoms with Crippen LogP contribution in [0.3, 0.4) is 0 Å². The number of ether oxygens (including phenoxy) is 4. The highest BCUT2D eigenvalue weighted by Crippen LogP contribution is 2.30. The van der Waals surface area contributed by atoms with Gasteiger partial charge in [-0.05, 0) is 19.1 Å². The molecule has 12 nitrogen and oxygen atoms in total. The van der Waals surface area contributed by atoms with Crippen LogP contribution in [0.5, 0.6) is 0 Å². The number of aryl methyl sites for hydroxylation is 1. The van der Waals surface area contributed by atoms with Crippen molar-refractivity contribution < 1.29 is 28.5 Å². The minimum Gasteiger partial charge on any atom is -0.459 e. The van der Waals surface area contributed by atoms with Crippen molar-refractivity contribution in [3.05, 3.63) is 57.0 Å². The van der Waals surface area contributed by atoms with Crippen LogP contribution in [0.15, 0.2) is 40.2 Å². The first-order chi connectivity index (χ1) is 15.3. The molecule has 0 amide bonds. The van der Waals surface area contributed by atoms with Gasteiger partial charge in [-0.3, -0.25) is 19.1 Å². The van der Waals surface area contributed by atoms with Gasteiger partial charge in [-0.1, -0.05) is 6.07 Å². The lowest BCUT2D eigenvalue weighted by Gasteiger charge is -2.18. The second-order valence-electron chi connectivity index (χ2n) is 7.04. The normalized spacial score (nSPS) is 19.9. The van der Waals surface area contributed by atoms with Gasteiger partial charge in [-0.25, -0.2) is 14.6 Å². The zero-order chi connectivity index (χ0) is 23.1. The quantitative estimate of drug-likeness (QED) is 0.437. The Labute approximate surface area is 182 Å². The maximum atomic E-state index is 12.1. The Hall–Kier alpha value is -3.67. The third-order valence-corrected chi connectivity index (χ3v) is 4.61. The van der Waals surface area contributed by atoms with Crippen LogP contribution in [-0.4, -0.2) is 58.6 Å². The summed E-state index contributed by atoms with van der Waals surface area (Å²) in [4.78, 5) is 53.3. The highest BCUT2D eigenvalue weighted by atomic mass is 16.7. The lowest BCUT2D eigenvalue weighted by Crippen LogP contribution is -2.33. The van der Waals surface area contributed by atoms with Crippen molar-refractivity contribution in [2.24, 2.45) is 0 Å². The molecule has 0 aliphatic carbocycles. The lowest BCUT2D eigenvalue weighted by molar-refractivity contribution is -0.150. The van der Waals surface area contributed by atoms with Crippen LogP contribution in [-0.2, 0) is 23.7 Å². The molecule has 2 aromatic rings. The van der Waals surface area contributed by atoms with Crippen LogP contribution in [0.1, 0.15) is 25.1 Å². The number of H-pyrrole nitrogens is 1. The van der Waals surface area contributed by atoms with Gasteiger partial charge in [-0.15, -0.1) is 0 Å². The molecular weight excluding hydrogens is 424 g/mol. The molecule has 172 valence electrons. The molecular formula is C20H24N4O8. The molecule has 0 unspecified atom stereocenters. The number of aromatic amines is 1. The van der Waals surface area contributed by atoms with Crippen molar-refractivity contribution >= 4 is 17.9 Å². The number of hydrogen-bond acceptors (Lipinski definition) is 10. The summed E-state index contributed by atoms with van der Waals surface area (Å²) >= 11 is 0. The number of anilines is 1. The van der Waals surface area contributed by atoms with E-state index < -0.39 is 41.8 Å². The van der Waals surface area contributed by atoms with E-state index in [0.717, 1.165) is 0 Å². The van der Waals surface area contributed by atoms with E-state index in [1.807, 2.05) is 6.07 Å². The van der Waals surface area contributed by atoms with Crippen molar-refractivity contribution in [1.29, 1.82) is 0 Å². The van der Waals surface area contributed by atoms with Crippen molar-refractivity contribution in [3.63, 3.8) is 0 Å². The van der Waals surface area contributed by atoms with Crippen LogP contribution in [0.4, 0.5) is 10.6 Å². The molecule has 0 bridgehead atoms. The summed E-state index contributed by atoms with van der Waals surface area (Å²) in [5, 5.41) is 2.98. The Bertz CT molecular complexity index is 1050. The molecule has 12 heteroatoms. The molecule has 3 atom stereocenters. The predicted molar refractivity (Wildman–Crippen MR) is 110 cm³/mol. The van der Waals surface area contributed by atoms with Gasteiger partial charge in [0.05, 0.1) is 6.54 Å². The van der Waals surface area contributed by atoms with E-state index in [0.29, 0.717) is 17.9 Å². The van der Waals surface area contributed by atoms with Crippen LogP contribution >= 0.6 is 0 Å². The Morgan fingerprint density at radius 3 is 2.84 bits per heavy atom. The van der Waals surface area contributed by atoms with E-state index in [-0.39, 0.29) is 19.6 Å². The van der Waals surface area contributed by atoms with Gasteiger partial charge in [-0.2, -0.15) is 0 Å². The van der Waals surface area contributed by atoms with Crippen LogP contribution in [0, 0.1) is 6.92 Å². The maximum Gasteiger partial charge on any atom is 0.508 e. The Morgan fingerprint density at radius 1 is 1.31 bits per heavy atom. The molecule has 0 aromatic carbocycles. The number of hydrogen-bond donors (Lipinski definition) is 2. The third kappa shape index (κ3) is 6.17. The Kier molecular flexibility index (Phi) is 7.60. The Balaban J connectivity index is 1.52. The minimum atomic E-state index is -0.918. The van der Waals surface area contributed by atoms with E-state index >= 15 is 0 Å². The summed E-state index contributed by atoms with van der Waals surface area (Å²) in [6, 6.07) is 5.38. The van der Waals surface area contributed by atoms with Gasteiger partial charge in [0.2, 0.25) is 0 Å². The molecule has 0 saturated carbocycles. The SMILES string of the molecule is CC(=O)O[C@H]1C[C@H](n2cc(C)c(=O)[nH]c2=O)O[C@@H]1COC(=O)OCCNc1ccccn1. The zero-order valence-electron chi connectivity index (χ0n) is 17.6. The molecule has 0 radical (unpaired) electrons. The lowest BCUT2D eigenvalue weighted by atomic mass is 10.2. The number of carbonyl (C=O) groups is 2. The van der Waals surface area contributed by atoms with Crippen molar-refractivity contribution in [2.75, 3.05) is 25.1 Å². The molecule has 1 aliphatic heterocycles. The summed E-state index contributed by atoms with van der Waals surface area (Å²) in [5.74, 6) is 0.101. The summed E-state index contributed by atoms with van der Waals surface area (Å²) < 4.78 is 22.3. The smallest absolute Gasteiger partial charge is 0.459 e. The monoisotopic (exact) mass is 448 g/mol. The number of nitrogens with zero attached hydrogens (tertiary/aromatic N) is 2. The zero-order valence-corrected chi connectivity index (χ0v) is 17.6. The minimum absolute atomic E-state index is 0.0446. The molecule has 32 heavy (non-hydrogen) atoms. The van der Waals surface area contributed by atoms with Gasteiger partial charge in [0.25, 0.3) is 5.56 Å². The highest BCUT2D eigenvalue weighted by molar-refractivity contribution is 5.66. The topological polar surface area (TPSA) is 151 Å². The fraction of sp³-hybridized carbons (Fsp3) is 0.450. The van der Waals surface area contributed by atoms with Gasteiger partial charge in [0, 0.05) is 31.3 Å². The van der Waals surface area contributed by atoms with Crippen LogP contribution in [0.2, 0.25) is 0 Å². The average Bonchev–Trinajstić information content (AvgIpc) is 3.14. The van der Waals surface area contributed by atoms with E-state index in [2.05, 4.69) is 15.3 Å². The number of rotatable bonds is 8. The van der Waals surface area contributed by atoms with Gasteiger partial charge >= 0.3 is 17.8 Å². The fourth-order valence-electron chi connectivity index (χ4n) is 3.13. The third-order valence-electron chi connectivity index (χ3n) is 4.61. The molecule has 1 aliphatic rings. The first kappa shape index (κ1) is 23.0. The van der Waals surface area contributed by atoms with Gasteiger partial charge in [0.15, 0.2) is 0 Å². The average molecular weight is 448 g/mol. The van der Waals surface area contributed by atoms with Crippen LogP contribution in [0.25, 0.3) is 0 Å². The number of pyridine rings is 1. The van der Waals surface area contributed by atoms with Crippen molar-refractivity contribution in [2.45, 2.75) is 38.7 Å². The molecule has 2 N–H and O–H groups in total. The van der Waals surface area contributed by atoms with E-state index in [1.54, 1.807) is 25.3 Å². The summed E-state index contributed by atoms with van der Waals surface area (Å²) in [6.07, 6.45) is -0.162. The van der Waals surface area contributed by atoms with E-state index in [4.69, 9.17) is 18.9 Å². The number of carbonyl (C=O) groups excluding carboxylic acids is 2. The summed E-state index contributed by atoms with van der Waals surface area (Å²) in [6.45, 7) is 2.91. The van der Waals surface area contributed by atoms with E-state index in [9.17, 15) is 19.2 Å². The van der Waals surface area contributed by atoms with Crippen LogP contribution < -0.4 is 16.6 Å². The van der Waals surface area contributed by atoms with E-state index in [1.165, 1.54) is 17.7 Å². The standard InChI is InChI=1S/C20H24N4O8/c1-12-10-24(19(27)23-18(12)26)17-9-14(31-13(2)25)15(32-17)11-30-20(28)29-8-7-22-16-5-3-4-6-21-16/h3-6,10,14-15,17H,7-9,11H2,1-2H3,(H,21,22)(H,23,26,27)/t14-,15+,17+/m0/s1. The number of nitrogens with one attached hydrogen (secondary N) is 2. The number of aromatic nitrogens is 3. The van der Waals surface area contributed by atoms with Gasteiger partial charge in [0.1, 0.15) is 37.5 Å². The maximum absolute atomic E-state index is 12.1. The molecule has 3 heterocycles. The van der Waals surface area contributed by atoms with Gasteiger partial charge < -0.3 is 24.3 Å². The summed E-state index contributed by atoms with van der Waals surface area (Å²) in [7, 11) is 0. The second-order valence-corrected chi connectivity index (χ2v) is 7.04. The molecule has 1 fully saturated rings. The summed E-state index contributed by atoms with van der Waals surface area (Å²) in [5.41, 5.74) is -0.839. The number of esters is 1.